The second-order valence-corrected chi connectivity index (χ2v) is 4.09. The van der Waals surface area contributed by atoms with Crippen LogP contribution >= 0.6 is 0 Å². The highest BCUT2D eigenvalue weighted by molar-refractivity contribution is 5.13. The summed E-state index contributed by atoms with van der Waals surface area (Å²) >= 11 is 0. The average molecular weight is 208 g/mol. The fraction of sp³-hybridized carbons (Fsp3) is 0.636. The van der Waals surface area contributed by atoms with Gasteiger partial charge in [-0.1, -0.05) is 12.8 Å². The molecule has 0 aliphatic heterocycles. The van der Waals surface area contributed by atoms with Crippen LogP contribution in [0.5, 0.6) is 5.88 Å². The summed E-state index contributed by atoms with van der Waals surface area (Å²) < 4.78 is 5.00. The monoisotopic (exact) mass is 208 g/mol. The quantitative estimate of drug-likeness (QED) is 0.789. The molecule has 1 atom stereocenters. The Hall–Kier alpha value is -1.16. The lowest BCUT2D eigenvalue weighted by atomic mass is 10.1. The maximum Gasteiger partial charge on any atom is 0.216 e. The first-order valence-electron chi connectivity index (χ1n) is 5.31. The SMILES string of the molecule is COc1cc(CC(O)CC2CC2)ncn1. The molecule has 1 saturated carbocycles. The van der Waals surface area contributed by atoms with Crippen LogP contribution in [0, 0.1) is 5.92 Å². The van der Waals surface area contributed by atoms with Gasteiger partial charge >= 0.3 is 0 Å². The summed E-state index contributed by atoms with van der Waals surface area (Å²) in [5.41, 5.74) is 0.843. The van der Waals surface area contributed by atoms with E-state index in [1.165, 1.54) is 19.2 Å². The lowest BCUT2D eigenvalue weighted by molar-refractivity contribution is 0.156. The Balaban J connectivity index is 1.90. The maximum absolute atomic E-state index is 9.78. The fourth-order valence-corrected chi connectivity index (χ4v) is 1.66. The van der Waals surface area contributed by atoms with E-state index in [-0.39, 0.29) is 6.10 Å². The minimum Gasteiger partial charge on any atom is -0.481 e. The highest BCUT2D eigenvalue weighted by Crippen LogP contribution is 2.33. The van der Waals surface area contributed by atoms with Gasteiger partial charge in [-0.15, -0.1) is 0 Å². The Morgan fingerprint density at radius 2 is 2.33 bits per heavy atom. The number of methoxy groups -OCH3 is 1. The first-order chi connectivity index (χ1) is 7.28. The molecule has 1 aliphatic carbocycles. The number of aromatic nitrogens is 2. The van der Waals surface area contributed by atoms with Crippen molar-refractivity contribution < 1.29 is 9.84 Å². The van der Waals surface area contributed by atoms with Crippen LogP contribution in [-0.4, -0.2) is 28.3 Å². The zero-order valence-corrected chi connectivity index (χ0v) is 8.89. The minimum absolute atomic E-state index is 0.280. The predicted molar refractivity (Wildman–Crippen MR) is 55.6 cm³/mol. The van der Waals surface area contributed by atoms with Gasteiger partial charge in [-0.25, -0.2) is 9.97 Å². The second-order valence-electron chi connectivity index (χ2n) is 4.09. The molecule has 1 unspecified atom stereocenters. The van der Waals surface area contributed by atoms with Crippen molar-refractivity contribution in [3.63, 3.8) is 0 Å². The molecule has 0 aromatic carbocycles. The fourth-order valence-electron chi connectivity index (χ4n) is 1.66. The van der Waals surface area contributed by atoms with Crippen molar-refractivity contribution in [3.8, 4) is 5.88 Å². The lowest BCUT2D eigenvalue weighted by Gasteiger charge is -2.09. The Labute approximate surface area is 89.3 Å². The van der Waals surface area contributed by atoms with E-state index in [4.69, 9.17) is 4.74 Å². The van der Waals surface area contributed by atoms with Gasteiger partial charge in [0.1, 0.15) is 6.33 Å². The zero-order chi connectivity index (χ0) is 10.7. The predicted octanol–water partition coefficient (Wildman–Crippen LogP) is 1.19. The molecule has 1 aromatic heterocycles. The highest BCUT2D eigenvalue weighted by Gasteiger charge is 2.24. The summed E-state index contributed by atoms with van der Waals surface area (Å²) in [6.07, 6.45) is 5.21. The number of hydrogen-bond acceptors (Lipinski definition) is 4. The summed E-state index contributed by atoms with van der Waals surface area (Å²) in [4.78, 5) is 8.03. The van der Waals surface area contributed by atoms with Crippen LogP contribution in [0.1, 0.15) is 25.0 Å². The Morgan fingerprint density at radius 3 is 3.00 bits per heavy atom. The molecule has 82 valence electrons. The Bertz CT molecular complexity index is 326. The van der Waals surface area contributed by atoms with Gasteiger partial charge in [-0.3, -0.25) is 0 Å². The number of nitrogens with zero attached hydrogens (tertiary/aromatic N) is 2. The van der Waals surface area contributed by atoms with Crippen LogP contribution in [-0.2, 0) is 6.42 Å². The average Bonchev–Trinajstić information content (AvgIpc) is 3.02. The number of aliphatic hydroxyl groups is 1. The van der Waals surface area contributed by atoms with Crippen molar-refractivity contribution in [2.24, 2.45) is 5.92 Å². The van der Waals surface area contributed by atoms with E-state index in [0.717, 1.165) is 18.0 Å². The van der Waals surface area contributed by atoms with Gasteiger partial charge in [-0.2, -0.15) is 0 Å². The molecule has 15 heavy (non-hydrogen) atoms. The molecule has 4 heteroatoms. The molecule has 0 radical (unpaired) electrons. The molecule has 0 bridgehead atoms. The van der Waals surface area contributed by atoms with Crippen LogP contribution in [0.25, 0.3) is 0 Å². The number of hydrogen-bond donors (Lipinski definition) is 1. The molecule has 0 saturated heterocycles. The van der Waals surface area contributed by atoms with Crippen molar-refractivity contribution in [1.82, 2.24) is 9.97 Å². The lowest BCUT2D eigenvalue weighted by Crippen LogP contribution is -2.12. The van der Waals surface area contributed by atoms with E-state index in [9.17, 15) is 5.11 Å². The standard InChI is InChI=1S/C11H16N2O2/c1-15-11-6-9(12-7-13-11)5-10(14)4-8-2-3-8/h6-8,10,14H,2-5H2,1H3. The van der Waals surface area contributed by atoms with Crippen molar-refractivity contribution in [1.29, 1.82) is 0 Å². The van der Waals surface area contributed by atoms with Crippen molar-refractivity contribution >= 4 is 0 Å². The van der Waals surface area contributed by atoms with E-state index >= 15 is 0 Å². The number of rotatable bonds is 5. The summed E-state index contributed by atoms with van der Waals surface area (Å²) in [6.45, 7) is 0. The molecule has 0 amide bonds. The summed E-state index contributed by atoms with van der Waals surface area (Å²) in [7, 11) is 1.58. The van der Waals surface area contributed by atoms with Gasteiger partial charge in [0.2, 0.25) is 5.88 Å². The van der Waals surface area contributed by atoms with Crippen LogP contribution < -0.4 is 4.74 Å². The van der Waals surface area contributed by atoms with Crippen LogP contribution in [0.3, 0.4) is 0 Å². The summed E-state index contributed by atoms with van der Waals surface area (Å²) in [6, 6.07) is 1.77. The smallest absolute Gasteiger partial charge is 0.216 e. The van der Waals surface area contributed by atoms with Gasteiger partial charge < -0.3 is 9.84 Å². The second kappa shape index (κ2) is 4.57. The molecule has 0 spiro atoms. The topological polar surface area (TPSA) is 55.2 Å². The summed E-state index contributed by atoms with van der Waals surface area (Å²) in [5, 5.41) is 9.78. The molecular weight excluding hydrogens is 192 g/mol. The van der Waals surface area contributed by atoms with Gasteiger partial charge in [-0.05, 0) is 12.3 Å². The van der Waals surface area contributed by atoms with Crippen LogP contribution in [0.4, 0.5) is 0 Å². The first-order valence-corrected chi connectivity index (χ1v) is 5.31. The molecule has 2 rings (SSSR count). The third-order valence-corrected chi connectivity index (χ3v) is 2.65. The van der Waals surface area contributed by atoms with Crippen molar-refractivity contribution in [2.45, 2.75) is 31.8 Å². The van der Waals surface area contributed by atoms with E-state index < -0.39 is 0 Å². The van der Waals surface area contributed by atoms with Crippen LogP contribution in [0.15, 0.2) is 12.4 Å². The third kappa shape index (κ3) is 3.16. The Morgan fingerprint density at radius 1 is 1.53 bits per heavy atom. The molecule has 1 heterocycles. The molecule has 1 fully saturated rings. The minimum atomic E-state index is -0.280. The molecule has 4 nitrogen and oxygen atoms in total. The van der Waals surface area contributed by atoms with Gasteiger partial charge in [0.15, 0.2) is 0 Å². The van der Waals surface area contributed by atoms with Gasteiger partial charge in [0.25, 0.3) is 0 Å². The zero-order valence-electron chi connectivity index (χ0n) is 8.89. The largest absolute Gasteiger partial charge is 0.481 e. The van der Waals surface area contributed by atoms with E-state index in [0.29, 0.717) is 12.3 Å². The molecule has 1 aromatic rings. The highest BCUT2D eigenvalue weighted by atomic mass is 16.5. The van der Waals surface area contributed by atoms with E-state index in [2.05, 4.69) is 9.97 Å². The van der Waals surface area contributed by atoms with Crippen LogP contribution in [0.2, 0.25) is 0 Å². The normalized spacial score (nSPS) is 17.5. The van der Waals surface area contributed by atoms with Gasteiger partial charge in [0, 0.05) is 12.5 Å². The number of ether oxygens (including phenoxy) is 1. The Kier molecular flexibility index (Phi) is 3.16. The van der Waals surface area contributed by atoms with E-state index in [1.807, 2.05) is 0 Å². The first kappa shape index (κ1) is 10.4. The van der Waals surface area contributed by atoms with Crippen molar-refractivity contribution in [3.05, 3.63) is 18.1 Å². The van der Waals surface area contributed by atoms with Crippen molar-refractivity contribution in [2.75, 3.05) is 7.11 Å². The molecular formula is C11H16N2O2. The molecule has 1 N–H and O–H groups in total. The third-order valence-electron chi connectivity index (χ3n) is 2.65. The van der Waals surface area contributed by atoms with Gasteiger partial charge in [0.05, 0.1) is 18.9 Å². The summed E-state index contributed by atoms with van der Waals surface area (Å²) in [5.74, 6) is 1.29. The maximum atomic E-state index is 9.78. The number of aliphatic hydroxyl groups excluding tert-OH is 1. The molecule has 1 aliphatic rings. The van der Waals surface area contributed by atoms with E-state index in [1.54, 1.807) is 13.2 Å².